The van der Waals surface area contributed by atoms with Crippen molar-refractivity contribution < 1.29 is 14.5 Å². The molecule has 0 radical (unpaired) electrons. The number of ether oxygens (including phenoxy) is 1. The van der Waals surface area contributed by atoms with Gasteiger partial charge < -0.3 is 4.74 Å². The molecule has 1 aliphatic rings. The van der Waals surface area contributed by atoms with Crippen molar-refractivity contribution in [3.8, 4) is 11.5 Å². The number of thioether (sulfide) groups is 1. The Morgan fingerprint density at radius 2 is 1.67 bits per heavy atom. The van der Waals surface area contributed by atoms with Crippen LogP contribution in [0.4, 0.5) is 11.4 Å². The number of nitrogens with zero attached hydrogens (tertiary/aromatic N) is 2. The number of amides is 1. The number of hydrogen-bond donors (Lipinski definition) is 0. The summed E-state index contributed by atoms with van der Waals surface area (Å²) in [5.41, 5.74) is 1.25. The predicted octanol–water partition coefficient (Wildman–Crippen LogP) is 5.79. The number of benzene rings is 3. The van der Waals surface area contributed by atoms with E-state index < -0.39 is 4.92 Å². The van der Waals surface area contributed by atoms with Crippen LogP contribution in [-0.4, -0.2) is 15.2 Å². The average Bonchev–Trinajstić information content (AvgIpc) is 3.02. The van der Waals surface area contributed by atoms with Gasteiger partial charge in [0, 0.05) is 12.1 Å². The third kappa shape index (κ3) is 4.24. The van der Waals surface area contributed by atoms with Crippen molar-refractivity contribution in [2.24, 2.45) is 0 Å². The molecule has 0 aliphatic carbocycles. The van der Waals surface area contributed by atoms with Crippen molar-refractivity contribution in [3.05, 3.63) is 99.4 Å². The first kappa shape index (κ1) is 19.8. The van der Waals surface area contributed by atoms with E-state index in [0.29, 0.717) is 20.7 Å². The van der Waals surface area contributed by atoms with Gasteiger partial charge in [0.25, 0.3) is 11.6 Å². The standard InChI is InChI=1S/C22H14N2O4S2/c25-21-20(30-22(29)23(21)16-9-11-17(12-10-16)24(26)27)14-15-5-4-8-19(13-15)28-18-6-2-1-3-7-18/h1-14H/b20-14+. The highest BCUT2D eigenvalue weighted by atomic mass is 32.2. The van der Waals surface area contributed by atoms with E-state index >= 15 is 0 Å². The molecule has 1 heterocycles. The molecule has 3 aromatic carbocycles. The number of carbonyl (C=O) groups is 1. The van der Waals surface area contributed by atoms with Crippen molar-refractivity contribution >= 4 is 51.7 Å². The second kappa shape index (κ2) is 8.48. The van der Waals surface area contributed by atoms with Gasteiger partial charge in [0.15, 0.2) is 4.32 Å². The molecule has 30 heavy (non-hydrogen) atoms. The maximum absolute atomic E-state index is 12.9. The Bertz CT molecular complexity index is 1160. The summed E-state index contributed by atoms with van der Waals surface area (Å²) in [7, 11) is 0. The minimum atomic E-state index is -0.488. The molecule has 148 valence electrons. The fourth-order valence-electron chi connectivity index (χ4n) is 2.86. The second-order valence-corrected chi connectivity index (χ2v) is 7.95. The minimum absolute atomic E-state index is 0.0463. The number of para-hydroxylation sites is 1. The molecule has 4 rings (SSSR count). The molecule has 0 unspecified atom stereocenters. The third-order valence-corrected chi connectivity index (χ3v) is 5.55. The van der Waals surface area contributed by atoms with Crippen LogP contribution in [0.25, 0.3) is 6.08 Å². The Hall–Kier alpha value is -3.49. The molecule has 1 saturated heterocycles. The summed E-state index contributed by atoms with van der Waals surface area (Å²) in [6.07, 6.45) is 1.75. The molecule has 0 saturated carbocycles. The quantitative estimate of drug-likeness (QED) is 0.219. The zero-order valence-electron chi connectivity index (χ0n) is 15.4. The van der Waals surface area contributed by atoms with Crippen LogP contribution in [-0.2, 0) is 4.79 Å². The molecule has 1 fully saturated rings. The molecule has 0 atom stereocenters. The molecular weight excluding hydrogens is 420 g/mol. The summed E-state index contributed by atoms with van der Waals surface area (Å²) >= 11 is 6.54. The molecule has 8 heteroatoms. The summed E-state index contributed by atoms with van der Waals surface area (Å²) in [6, 6.07) is 22.5. The normalized spacial score (nSPS) is 14.9. The Morgan fingerprint density at radius 1 is 0.967 bits per heavy atom. The number of nitro groups is 1. The van der Waals surface area contributed by atoms with Crippen molar-refractivity contribution in [1.29, 1.82) is 0 Å². The molecule has 0 aromatic heterocycles. The van der Waals surface area contributed by atoms with E-state index in [2.05, 4.69) is 0 Å². The predicted molar refractivity (Wildman–Crippen MR) is 122 cm³/mol. The number of rotatable bonds is 5. The summed E-state index contributed by atoms with van der Waals surface area (Å²) in [6.45, 7) is 0. The largest absolute Gasteiger partial charge is 0.457 e. The van der Waals surface area contributed by atoms with Gasteiger partial charge in [0.2, 0.25) is 0 Å². The maximum atomic E-state index is 12.9. The summed E-state index contributed by atoms with van der Waals surface area (Å²) in [4.78, 5) is 25.1. The van der Waals surface area contributed by atoms with Gasteiger partial charge in [0.05, 0.1) is 15.5 Å². The topological polar surface area (TPSA) is 72.7 Å². The number of thiocarbonyl (C=S) groups is 1. The Kier molecular flexibility index (Phi) is 5.60. The Balaban J connectivity index is 1.56. The highest BCUT2D eigenvalue weighted by molar-refractivity contribution is 8.27. The first-order valence-electron chi connectivity index (χ1n) is 8.87. The molecular formula is C22H14N2O4S2. The van der Waals surface area contributed by atoms with Crippen LogP contribution >= 0.6 is 24.0 Å². The number of hydrogen-bond acceptors (Lipinski definition) is 6. The lowest BCUT2D eigenvalue weighted by Crippen LogP contribution is -2.27. The molecule has 0 bridgehead atoms. The lowest BCUT2D eigenvalue weighted by molar-refractivity contribution is -0.384. The Labute approximate surface area is 181 Å². The number of nitro benzene ring substituents is 1. The minimum Gasteiger partial charge on any atom is -0.457 e. The zero-order valence-corrected chi connectivity index (χ0v) is 17.1. The van der Waals surface area contributed by atoms with Crippen LogP contribution in [0.5, 0.6) is 11.5 Å². The third-order valence-electron chi connectivity index (χ3n) is 4.25. The lowest BCUT2D eigenvalue weighted by Gasteiger charge is -2.13. The summed E-state index contributed by atoms with van der Waals surface area (Å²) < 4.78 is 6.21. The summed E-state index contributed by atoms with van der Waals surface area (Å²) in [5.74, 6) is 1.10. The highest BCUT2D eigenvalue weighted by Crippen LogP contribution is 2.37. The SMILES string of the molecule is O=C1/C(=C\c2cccc(Oc3ccccc3)c2)SC(=S)N1c1ccc([N+](=O)[O-])cc1. The maximum Gasteiger partial charge on any atom is 0.270 e. The lowest BCUT2D eigenvalue weighted by atomic mass is 10.2. The van der Waals surface area contributed by atoms with Crippen LogP contribution in [0.1, 0.15) is 5.56 Å². The Morgan fingerprint density at radius 3 is 2.37 bits per heavy atom. The van der Waals surface area contributed by atoms with Gasteiger partial charge in [0.1, 0.15) is 11.5 Å². The van der Waals surface area contributed by atoms with Crippen LogP contribution in [0.3, 0.4) is 0 Å². The van der Waals surface area contributed by atoms with Crippen molar-refractivity contribution in [1.82, 2.24) is 0 Å². The van der Waals surface area contributed by atoms with Crippen LogP contribution in [0, 0.1) is 10.1 Å². The van der Waals surface area contributed by atoms with E-state index in [9.17, 15) is 14.9 Å². The smallest absolute Gasteiger partial charge is 0.270 e. The van der Waals surface area contributed by atoms with E-state index in [0.717, 1.165) is 11.3 Å². The van der Waals surface area contributed by atoms with Gasteiger partial charge in [-0.3, -0.25) is 19.8 Å². The van der Waals surface area contributed by atoms with Crippen LogP contribution in [0.15, 0.2) is 83.8 Å². The first-order chi connectivity index (χ1) is 14.5. The number of anilines is 1. The van der Waals surface area contributed by atoms with Gasteiger partial charge in [-0.1, -0.05) is 54.3 Å². The van der Waals surface area contributed by atoms with Crippen LogP contribution < -0.4 is 9.64 Å². The molecule has 0 N–H and O–H groups in total. The van der Waals surface area contributed by atoms with Crippen molar-refractivity contribution in [2.75, 3.05) is 4.90 Å². The van der Waals surface area contributed by atoms with Gasteiger partial charge in [-0.15, -0.1) is 0 Å². The molecule has 6 nitrogen and oxygen atoms in total. The van der Waals surface area contributed by atoms with E-state index in [4.69, 9.17) is 17.0 Å². The van der Waals surface area contributed by atoms with Crippen LogP contribution in [0.2, 0.25) is 0 Å². The van der Waals surface area contributed by atoms with E-state index in [1.165, 1.54) is 40.9 Å². The van der Waals surface area contributed by atoms with Gasteiger partial charge in [-0.05, 0) is 48.0 Å². The monoisotopic (exact) mass is 434 g/mol. The number of carbonyl (C=O) groups excluding carboxylic acids is 1. The highest BCUT2D eigenvalue weighted by Gasteiger charge is 2.33. The van der Waals surface area contributed by atoms with Gasteiger partial charge in [-0.25, -0.2) is 0 Å². The number of non-ortho nitro benzene ring substituents is 1. The molecule has 1 amide bonds. The average molecular weight is 434 g/mol. The van der Waals surface area contributed by atoms with Gasteiger partial charge in [-0.2, -0.15) is 0 Å². The zero-order chi connectivity index (χ0) is 21.1. The fraction of sp³-hybridized carbons (Fsp3) is 0. The van der Waals surface area contributed by atoms with Gasteiger partial charge >= 0.3 is 0 Å². The van der Waals surface area contributed by atoms with Crippen molar-refractivity contribution in [3.63, 3.8) is 0 Å². The second-order valence-electron chi connectivity index (χ2n) is 6.28. The molecule has 0 spiro atoms. The first-order valence-corrected chi connectivity index (χ1v) is 10.1. The molecule has 1 aliphatic heterocycles. The van der Waals surface area contributed by atoms with E-state index in [1.54, 1.807) is 6.08 Å². The summed E-state index contributed by atoms with van der Waals surface area (Å²) in [5, 5.41) is 10.8. The van der Waals surface area contributed by atoms with E-state index in [1.807, 2.05) is 54.6 Å². The molecule has 3 aromatic rings. The van der Waals surface area contributed by atoms with Crippen molar-refractivity contribution in [2.45, 2.75) is 0 Å². The fourth-order valence-corrected chi connectivity index (χ4v) is 4.16. The van der Waals surface area contributed by atoms with E-state index in [-0.39, 0.29) is 11.6 Å².